The zero-order chi connectivity index (χ0) is 12.3. The molecule has 0 unspecified atom stereocenters. The van der Waals surface area contributed by atoms with E-state index in [1.165, 1.54) is 12.5 Å². The van der Waals surface area contributed by atoms with Crippen LogP contribution in [0.15, 0.2) is 12.1 Å². The van der Waals surface area contributed by atoms with Gasteiger partial charge in [-0.15, -0.1) is 0 Å². The van der Waals surface area contributed by atoms with Gasteiger partial charge >= 0.3 is 5.97 Å². The summed E-state index contributed by atoms with van der Waals surface area (Å²) in [5.74, 6) is -0.626. The fraction of sp³-hybridized carbons (Fsp3) is 0.455. The van der Waals surface area contributed by atoms with Crippen LogP contribution in [-0.4, -0.2) is 34.2 Å². The second-order valence-electron chi connectivity index (χ2n) is 4.10. The molecule has 0 radical (unpaired) electrons. The average molecular weight is 236 g/mol. The minimum Gasteiger partial charge on any atom is -0.477 e. The van der Waals surface area contributed by atoms with Gasteiger partial charge in [0.05, 0.1) is 5.69 Å². The van der Waals surface area contributed by atoms with E-state index in [0.717, 1.165) is 25.9 Å². The lowest BCUT2D eigenvalue weighted by molar-refractivity contribution is 0.0690. The summed E-state index contributed by atoms with van der Waals surface area (Å²) in [6.45, 7) is 1.86. The molecule has 6 nitrogen and oxygen atoms in total. The third-order valence-electron chi connectivity index (χ3n) is 2.77. The van der Waals surface area contributed by atoms with Crippen LogP contribution in [0, 0.1) is 0 Å². The molecular weight excluding hydrogens is 220 g/mol. The fourth-order valence-electron chi connectivity index (χ4n) is 1.83. The Balaban J connectivity index is 2.13. The number of hydrogen-bond acceptors (Lipinski definition) is 5. The smallest absolute Gasteiger partial charge is 0.354 e. The minimum absolute atomic E-state index is 0.00119. The Labute approximate surface area is 99.4 Å². The molecule has 1 fully saturated rings. The topological polar surface area (TPSA) is 91.5 Å². The van der Waals surface area contributed by atoms with E-state index in [4.69, 9.17) is 10.8 Å². The number of carboxylic acid groups (broad SMARTS) is 1. The Kier molecular flexibility index (Phi) is 3.43. The number of hydrazine groups is 1. The Hall–Kier alpha value is -1.82. The molecule has 0 aromatic carbocycles. The SMILES string of the molecule is Nc1ccc(C(=O)O)nc1NN1CCCCC1. The summed E-state index contributed by atoms with van der Waals surface area (Å²) in [7, 11) is 0. The highest BCUT2D eigenvalue weighted by Crippen LogP contribution is 2.18. The number of hydrogen-bond donors (Lipinski definition) is 3. The Morgan fingerprint density at radius 2 is 2.06 bits per heavy atom. The van der Waals surface area contributed by atoms with Crippen molar-refractivity contribution >= 4 is 17.5 Å². The number of piperidine rings is 1. The maximum atomic E-state index is 10.8. The van der Waals surface area contributed by atoms with Crippen molar-refractivity contribution in [1.29, 1.82) is 0 Å². The highest BCUT2D eigenvalue weighted by molar-refractivity contribution is 5.86. The van der Waals surface area contributed by atoms with Crippen LogP contribution >= 0.6 is 0 Å². The molecule has 6 heteroatoms. The molecule has 1 aliphatic heterocycles. The Morgan fingerprint density at radius 3 is 2.71 bits per heavy atom. The molecule has 0 atom stereocenters. The van der Waals surface area contributed by atoms with Gasteiger partial charge in [0, 0.05) is 13.1 Å². The molecule has 0 amide bonds. The first-order valence-electron chi connectivity index (χ1n) is 5.68. The van der Waals surface area contributed by atoms with E-state index in [0.29, 0.717) is 11.5 Å². The van der Waals surface area contributed by atoms with Crippen LogP contribution in [0.4, 0.5) is 11.5 Å². The normalized spacial score (nSPS) is 16.7. The third kappa shape index (κ3) is 2.85. The highest BCUT2D eigenvalue weighted by Gasteiger charge is 2.13. The number of nitrogens with zero attached hydrogens (tertiary/aromatic N) is 2. The quantitative estimate of drug-likeness (QED) is 0.729. The van der Waals surface area contributed by atoms with Crippen LogP contribution in [0.5, 0.6) is 0 Å². The van der Waals surface area contributed by atoms with Crippen LogP contribution in [0.2, 0.25) is 0 Å². The predicted octanol–water partition coefficient (Wildman–Crippen LogP) is 1.17. The van der Waals surface area contributed by atoms with Gasteiger partial charge in [0.1, 0.15) is 0 Å². The molecule has 2 heterocycles. The summed E-state index contributed by atoms with van der Waals surface area (Å²) in [6, 6.07) is 2.96. The molecule has 17 heavy (non-hydrogen) atoms. The standard InChI is InChI=1S/C11H16N4O2/c12-8-4-5-9(11(16)17)13-10(8)14-15-6-2-1-3-7-15/h4-5H,1-3,6-7,12H2,(H,13,14)(H,16,17). The lowest BCUT2D eigenvalue weighted by atomic mass is 10.2. The van der Waals surface area contributed by atoms with Gasteiger partial charge in [-0.3, -0.25) is 0 Å². The first kappa shape index (κ1) is 11.7. The van der Waals surface area contributed by atoms with Crippen LogP contribution in [0.3, 0.4) is 0 Å². The van der Waals surface area contributed by atoms with Gasteiger partial charge in [0.15, 0.2) is 11.5 Å². The molecule has 1 aromatic rings. The van der Waals surface area contributed by atoms with Crippen molar-refractivity contribution in [2.75, 3.05) is 24.2 Å². The lowest BCUT2D eigenvalue weighted by Gasteiger charge is -2.27. The van der Waals surface area contributed by atoms with Crippen molar-refractivity contribution in [2.45, 2.75) is 19.3 Å². The van der Waals surface area contributed by atoms with Crippen molar-refractivity contribution in [1.82, 2.24) is 9.99 Å². The molecule has 4 N–H and O–H groups in total. The molecule has 0 spiro atoms. The van der Waals surface area contributed by atoms with Crippen molar-refractivity contribution < 1.29 is 9.90 Å². The molecule has 92 valence electrons. The van der Waals surface area contributed by atoms with E-state index >= 15 is 0 Å². The van der Waals surface area contributed by atoms with Crippen molar-refractivity contribution in [3.8, 4) is 0 Å². The summed E-state index contributed by atoms with van der Waals surface area (Å²) in [5.41, 5.74) is 9.30. The van der Waals surface area contributed by atoms with Gasteiger partial charge < -0.3 is 16.3 Å². The van der Waals surface area contributed by atoms with Gasteiger partial charge in [-0.1, -0.05) is 6.42 Å². The minimum atomic E-state index is -1.05. The second-order valence-corrected chi connectivity index (χ2v) is 4.10. The molecule has 0 bridgehead atoms. The predicted molar refractivity (Wildman–Crippen MR) is 64.7 cm³/mol. The number of carboxylic acids is 1. The van der Waals surface area contributed by atoms with E-state index in [1.54, 1.807) is 6.07 Å². The molecule has 0 saturated carbocycles. The molecule has 2 rings (SSSR count). The fourth-order valence-corrected chi connectivity index (χ4v) is 1.83. The van der Waals surface area contributed by atoms with Crippen molar-refractivity contribution in [2.24, 2.45) is 0 Å². The third-order valence-corrected chi connectivity index (χ3v) is 2.77. The van der Waals surface area contributed by atoms with Gasteiger partial charge in [0.25, 0.3) is 0 Å². The van der Waals surface area contributed by atoms with E-state index in [1.807, 2.05) is 5.01 Å². The van der Waals surface area contributed by atoms with E-state index in [9.17, 15) is 4.79 Å². The summed E-state index contributed by atoms with van der Waals surface area (Å²) in [6.07, 6.45) is 3.49. The van der Waals surface area contributed by atoms with Crippen LogP contribution in [-0.2, 0) is 0 Å². The number of nitrogens with one attached hydrogen (secondary N) is 1. The summed E-state index contributed by atoms with van der Waals surface area (Å²) in [4.78, 5) is 14.8. The maximum absolute atomic E-state index is 10.8. The van der Waals surface area contributed by atoms with E-state index in [-0.39, 0.29) is 5.69 Å². The molecule has 0 aliphatic carbocycles. The number of aromatic carboxylic acids is 1. The van der Waals surface area contributed by atoms with Gasteiger partial charge in [-0.25, -0.2) is 14.8 Å². The van der Waals surface area contributed by atoms with Crippen LogP contribution in [0.25, 0.3) is 0 Å². The Bertz CT molecular complexity index is 416. The average Bonchev–Trinajstić information content (AvgIpc) is 2.33. The lowest BCUT2D eigenvalue weighted by Crippen LogP contribution is -2.35. The van der Waals surface area contributed by atoms with Crippen molar-refractivity contribution in [3.05, 3.63) is 17.8 Å². The molecule has 1 aliphatic rings. The number of pyridine rings is 1. The van der Waals surface area contributed by atoms with Gasteiger partial charge in [-0.2, -0.15) is 0 Å². The maximum Gasteiger partial charge on any atom is 0.354 e. The monoisotopic (exact) mass is 236 g/mol. The zero-order valence-electron chi connectivity index (χ0n) is 9.52. The zero-order valence-corrected chi connectivity index (χ0v) is 9.52. The molecule has 1 aromatic heterocycles. The number of anilines is 2. The van der Waals surface area contributed by atoms with Crippen LogP contribution in [0.1, 0.15) is 29.8 Å². The summed E-state index contributed by atoms with van der Waals surface area (Å²) in [5, 5.41) is 10.9. The summed E-state index contributed by atoms with van der Waals surface area (Å²) < 4.78 is 0. The Morgan fingerprint density at radius 1 is 1.35 bits per heavy atom. The van der Waals surface area contributed by atoms with E-state index < -0.39 is 5.97 Å². The van der Waals surface area contributed by atoms with Gasteiger partial charge in [0.2, 0.25) is 0 Å². The largest absolute Gasteiger partial charge is 0.477 e. The number of nitrogens with two attached hydrogens (primary N) is 1. The number of aromatic nitrogens is 1. The number of rotatable bonds is 3. The van der Waals surface area contributed by atoms with Crippen molar-refractivity contribution in [3.63, 3.8) is 0 Å². The first-order chi connectivity index (χ1) is 8.16. The van der Waals surface area contributed by atoms with Crippen LogP contribution < -0.4 is 11.2 Å². The number of carbonyl (C=O) groups is 1. The summed E-state index contributed by atoms with van der Waals surface area (Å²) >= 11 is 0. The van der Waals surface area contributed by atoms with E-state index in [2.05, 4.69) is 10.4 Å². The molecular formula is C11H16N4O2. The number of nitrogen functional groups attached to an aromatic ring is 1. The highest BCUT2D eigenvalue weighted by atomic mass is 16.4. The second kappa shape index (κ2) is 5.01. The van der Waals surface area contributed by atoms with Gasteiger partial charge in [-0.05, 0) is 25.0 Å². The molecule has 1 saturated heterocycles. The first-order valence-corrected chi connectivity index (χ1v) is 5.68.